The number of halogens is 3. The lowest BCUT2D eigenvalue weighted by Gasteiger charge is -2.26. The maximum absolute atomic E-state index is 13.8. The van der Waals surface area contributed by atoms with Gasteiger partial charge in [0.2, 0.25) is 10.0 Å². The van der Waals surface area contributed by atoms with E-state index in [0.29, 0.717) is 12.5 Å². The molecule has 0 saturated carbocycles. The maximum atomic E-state index is 13.8. The molecule has 0 spiro atoms. The molecule has 0 amide bonds. The zero-order chi connectivity index (χ0) is 17.3. The zero-order valence-electron chi connectivity index (χ0n) is 12.5. The molecule has 0 aliphatic carbocycles. The first-order valence-electron chi connectivity index (χ1n) is 7.28. The molecule has 0 fully saturated rings. The van der Waals surface area contributed by atoms with Crippen LogP contribution in [0.5, 0.6) is 0 Å². The third-order valence-electron chi connectivity index (χ3n) is 3.90. The van der Waals surface area contributed by atoms with Crippen molar-refractivity contribution in [2.75, 3.05) is 13.1 Å². The summed E-state index contributed by atoms with van der Waals surface area (Å²) in [4.78, 5) is -0.539. The molecule has 0 atom stereocenters. The highest BCUT2D eigenvalue weighted by molar-refractivity contribution is 7.89. The van der Waals surface area contributed by atoms with Crippen molar-refractivity contribution in [2.45, 2.75) is 11.3 Å². The minimum absolute atomic E-state index is 0.0753. The number of sulfonamides is 1. The minimum atomic E-state index is -4.03. The molecule has 7 heteroatoms. The number of hydrogen-bond donors (Lipinski definition) is 0. The highest BCUT2D eigenvalue weighted by Gasteiger charge is 2.29. The second-order valence-corrected chi connectivity index (χ2v) is 7.33. The molecule has 1 aliphatic rings. The van der Waals surface area contributed by atoms with E-state index >= 15 is 0 Å². The summed E-state index contributed by atoms with van der Waals surface area (Å²) < 4.78 is 65.8. The van der Waals surface area contributed by atoms with Crippen LogP contribution >= 0.6 is 0 Å². The molecule has 0 unspecified atom stereocenters. The van der Waals surface area contributed by atoms with E-state index in [9.17, 15) is 21.6 Å². The SMILES string of the molecule is O=S(=O)(c1ccc(F)cc1F)N1CC=C(c2ccc(F)cc2)CC1. The van der Waals surface area contributed by atoms with Crippen molar-refractivity contribution in [3.05, 3.63) is 71.6 Å². The van der Waals surface area contributed by atoms with Gasteiger partial charge in [-0.15, -0.1) is 0 Å². The fourth-order valence-electron chi connectivity index (χ4n) is 2.62. The van der Waals surface area contributed by atoms with Crippen molar-refractivity contribution in [2.24, 2.45) is 0 Å². The molecule has 2 aromatic carbocycles. The largest absolute Gasteiger partial charge is 0.246 e. The van der Waals surface area contributed by atoms with Crippen molar-refractivity contribution in [3.63, 3.8) is 0 Å². The van der Waals surface area contributed by atoms with Crippen molar-refractivity contribution < 1.29 is 21.6 Å². The molecule has 1 heterocycles. The number of rotatable bonds is 3. The lowest BCUT2D eigenvalue weighted by molar-refractivity contribution is 0.435. The molecule has 0 N–H and O–H groups in total. The highest BCUT2D eigenvalue weighted by Crippen LogP contribution is 2.27. The summed E-state index contributed by atoms with van der Waals surface area (Å²) in [5, 5.41) is 0. The van der Waals surface area contributed by atoms with E-state index in [1.807, 2.05) is 0 Å². The van der Waals surface area contributed by atoms with Crippen LogP contribution in [0.25, 0.3) is 5.57 Å². The smallest absolute Gasteiger partial charge is 0.207 e. The Balaban J connectivity index is 1.83. The average Bonchev–Trinajstić information content (AvgIpc) is 2.55. The number of benzene rings is 2. The summed E-state index contributed by atoms with van der Waals surface area (Å²) in [6, 6.07) is 8.34. The molecule has 3 rings (SSSR count). The molecule has 126 valence electrons. The van der Waals surface area contributed by atoms with Crippen LogP contribution in [0.2, 0.25) is 0 Å². The summed E-state index contributed by atoms with van der Waals surface area (Å²) in [5.41, 5.74) is 1.72. The van der Waals surface area contributed by atoms with Gasteiger partial charge in [-0.2, -0.15) is 4.31 Å². The Labute approximate surface area is 138 Å². The van der Waals surface area contributed by atoms with Crippen LogP contribution in [0, 0.1) is 17.5 Å². The quantitative estimate of drug-likeness (QED) is 0.846. The average molecular weight is 353 g/mol. The number of hydrogen-bond acceptors (Lipinski definition) is 2. The van der Waals surface area contributed by atoms with Crippen LogP contribution in [-0.4, -0.2) is 25.8 Å². The van der Waals surface area contributed by atoms with E-state index in [-0.39, 0.29) is 18.9 Å². The lowest BCUT2D eigenvalue weighted by atomic mass is 10.0. The predicted octanol–water partition coefficient (Wildman–Crippen LogP) is 3.58. The van der Waals surface area contributed by atoms with E-state index in [4.69, 9.17) is 0 Å². The molecule has 2 aromatic rings. The van der Waals surface area contributed by atoms with Gasteiger partial charge in [-0.3, -0.25) is 0 Å². The van der Waals surface area contributed by atoms with Gasteiger partial charge >= 0.3 is 0 Å². The van der Waals surface area contributed by atoms with Crippen LogP contribution in [0.4, 0.5) is 13.2 Å². The van der Waals surface area contributed by atoms with Gasteiger partial charge in [0.15, 0.2) is 0 Å². The van der Waals surface area contributed by atoms with Crippen LogP contribution in [0.15, 0.2) is 53.4 Å². The first-order valence-corrected chi connectivity index (χ1v) is 8.72. The van der Waals surface area contributed by atoms with Gasteiger partial charge in [0.25, 0.3) is 0 Å². The molecule has 0 aromatic heterocycles. The molecular weight excluding hydrogens is 339 g/mol. The van der Waals surface area contributed by atoms with Crippen molar-refractivity contribution in [1.29, 1.82) is 0 Å². The van der Waals surface area contributed by atoms with E-state index in [1.54, 1.807) is 18.2 Å². The second kappa shape index (κ2) is 6.41. The summed E-state index contributed by atoms with van der Waals surface area (Å²) in [7, 11) is -4.03. The van der Waals surface area contributed by atoms with Gasteiger partial charge in [-0.05, 0) is 41.8 Å². The van der Waals surface area contributed by atoms with Gasteiger partial charge in [-0.1, -0.05) is 18.2 Å². The Hall–Kier alpha value is -2.12. The second-order valence-electron chi connectivity index (χ2n) is 5.42. The van der Waals surface area contributed by atoms with E-state index in [2.05, 4.69) is 0 Å². The standard InChI is InChI=1S/C17H14F3NO2S/c18-14-3-1-12(2-4-14)13-7-9-21(10-8-13)24(22,23)17-6-5-15(19)11-16(17)20/h1-7,11H,8-10H2. The van der Waals surface area contributed by atoms with Crippen LogP contribution < -0.4 is 0 Å². The maximum Gasteiger partial charge on any atom is 0.246 e. The molecule has 0 radical (unpaired) electrons. The van der Waals surface area contributed by atoms with Gasteiger partial charge in [0.05, 0.1) is 0 Å². The Morgan fingerprint density at radius 3 is 2.17 bits per heavy atom. The van der Waals surface area contributed by atoms with Crippen LogP contribution in [-0.2, 0) is 10.0 Å². The monoisotopic (exact) mass is 353 g/mol. The fraction of sp³-hybridized carbons (Fsp3) is 0.176. The van der Waals surface area contributed by atoms with E-state index in [1.165, 1.54) is 12.1 Å². The molecule has 0 saturated heterocycles. The summed E-state index contributed by atoms with van der Waals surface area (Å²) in [6.07, 6.45) is 2.14. The molecule has 0 bridgehead atoms. The Morgan fingerprint density at radius 2 is 1.58 bits per heavy atom. The summed E-state index contributed by atoms with van der Waals surface area (Å²) in [5.74, 6) is -2.28. The zero-order valence-corrected chi connectivity index (χ0v) is 13.4. The van der Waals surface area contributed by atoms with Crippen LogP contribution in [0.1, 0.15) is 12.0 Å². The Bertz CT molecular complexity index is 893. The van der Waals surface area contributed by atoms with Gasteiger partial charge in [0, 0.05) is 19.2 Å². The molecule has 3 nitrogen and oxygen atoms in total. The third-order valence-corrected chi connectivity index (χ3v) is 5.80. The lowest BCUT2D eigenvalue weighted by Crippen LogP contribution is -2.35. The van der Waals surface area contributed by atoms with Gasteiger partial charge < -0.3 is 0 Å². The first-order chi connectivity index (χ1) is 11.4. The Kier molecular flexibility index (Phi) is 4.47. The predicted molar refractivity (Wildman–Crippen MR) is 84.1 cm³/mol. The summed E-state index contributed by atoms with van der Waals surface area (Å²) in [6.45, 7) is 0.244. The van der Waals surface area contributed by atoms with Crippen molar-refractivity contribution in [3.8, 4) is 0 Å². The number of nitrogens with zero attached hydrogens (tertiary/aromatic N) is 1. The molecular formula is C17H14F3NO2S. The summed E-state index contributed by atoms with van der Waals surface area (Å²) >= 11 is 0. The minimum Gasteiger partial charge on any atom is -0.207 e. The normalized spacial score (nSPS) is 16.0. The van der Waals surface area contributed by atoms with E-state index < -0.39 is 26.6 Å². The van der Waals surface area contributed by atoms with Crippen LogP contribution in [0.3, 0.4) is 0 Å². The van der Waals surface area contributed by atoms with E-state index in [0.717, 1.165) is 27.6 Å². The Morgan fingerprint density at radius 1 is 0.917 bits per heavy atom. The van der Waals surface area contributed by atoms with Crippen molar-refractivity contribution >= 4 is 15.6 Å². The molecule has 24 heavy (non-hydrogen) atoms. The highest BCUT2D eigenvalue weighted by atomic mass is 32.2. The third kappa shape index (κ3) is 3.22. The van der Waals surface area contributed by atoms with Crippen molar-refractivity contribution in [1.82, 2.24) is 4.31 Å². The fourth-order valence-corrected chi connectivity index (χ4v) is 4.04. The first kappa shape index (κ1) is 16.7. The topological polar surface area (TPSA) is 37.4 Å². The van der Waals surface area contributed by atoms with Gasteiger partial charge in [-0.25, -0.2) is 21.6 Å². The molecule has 1 aliphatic heterocycles. The van der Waals surface area contributed by atoms with Gasteiger partial charge in [0.1, 0.15) is 22.3 Å².